The Morgan fingerprint density at radius 3 is 2.47 bits per heavy atom. The first-order valence-corrected chi connectivity index (χ1v) is 6.02. The summed E-state index contributed by atoms with van der Waals surface area (Å²) in [6.07, 6.45) is -2.23. The summed E-state index contributed by atoms with van der Waals surface area (Å²) in [5, 5.41) is 2.60. The maximum absolute atomic E-state index is 11.7. The molecule has 3 N–H and O–H groups in total. The molecular formula is C13H18F2N2O2. The van der Waals surface area contributed by atoms with E-state index in [1.807, 2.05) is 24.3 Å². The molecule has 0 aliphatic carbocycles. The third-order valence-corrected chi connectivity index (χ3v) is 2.44. The predicted molar refractivity (Wildman–Crippen MR) is 67.9 cm³/mol. The standard InChI is InChI=1S/C13H18F2N2O2/c14-12(15)9-19-6-5-17-13(18)7-10-1-3-11(8-16)4-2-10/h1-4,12H,5-9,16H2,(H,17,18). The number of amides is 1. The molecule has 0 radical (unpaired) electrons. The molecule has 0 fully saturated rings. The fraction of sp³-hybridized carbons (Fsp3) is 0.462. The molecule has 0 saturated carbocycles. The maximum Gasteiger partial charge on any atom is 0.261 e. The van der Waals surface area contributed by atoms with Gasteiger partial charge in [-0.05, 0) is 11.1 Å². The smallest absolute Gasteiger partial charge is 0.261 e. The largest absolute Gasteiger partial charge is 0.374 e. The van der Waals surface area contributed by atoms with Crippen molar-refractivity contribution in [2.24, 2.45) is 5.73 Å². The molecule has 0 aliphatic heterocycles. The van der Waals surface area contributed by atoms with E-state index in [0.29, 0.717) is 6.54 Å². The summed E-state index contributed by atoms with van der Waals surface area (Å²) in [7, 11) is 0. The minimum Gasteiger partial charge on any atom is -0.374 e. The van der Waals surface area contributed by atoms with Gasteiger partial charge in [0.25, 0.3) is 6.43 Å². The van der Waals surface area contributed by atoms with Crippen LogP contribution in [-0.4, -0.2) is 32.1 Å². The number of nitrogens with one attached hydrogen (secondary N) is 1. The van der Waals surface area contributed by atoms with E-state index in [4.69, 9.17) is 5.73 Å². The minimum atomic E-state index is -2.48. The van der Waals surface area contributed by atoms with Gasteiger partial charge in [-0.15, -0.1) is 0 Å². The number of halogens is 2. The van der Waals surface area contributed by atoms with Crippen molar-refractivity contribution >= 4 is 5.91 Å². The van der Waals surface area contributed by atoms with Crippen molar-refractivity contribution in [1.82, 2.24) is 5.32 Å². The Bertz CT molecular complexity index is 383. The molecular weight excluding hydrogens is 254 g/mol. The number of hydrogen-bond donors (Lipinski definition) is 2. The van der Waals surface area contributed by atoms with Crippen LogP contribution in [0, 0.1) is 0 Å². The third-order valence-electron chi connectivity index (χ3n) is 2.44. The van der Waals surface area contributed by atoms with E-state index in [1.54, 1.807) is 0 Å². The lowest BCUT2D eigenvalue weighted by atomic mass is 10.1. The number of nitrogens with two attached hydrogens (primary N) is 1. The van der Waals surface area contributed by atoms with Gasteiger partial charge in [0.2, 0.25) is 5.91 Å². The quantitative estimate of drug-likeness (QED) is 0.696. The van der Waals surface area contributed by atoms with Gasteiger partial charge in [0.15, 0.2) is 0 Å². The molecule has 1 amide bonds. The number of benzene rings is 1. The monoisotopic (exact) mass is 272 g/mol. The van der Waals surface area contributed by atoms with E-state index in [1.165, 1.54) is 0 Å². The first-order chi connectivity index (χ1) is 9.11. The molecule has 0 atom stereocenters. The average Bonchev–Trinajstić information content (AvgIpc) is 2.39. The summed E-state index contributed by atoms with van der Waals surface area (Å²) >= 11 is 0. The van der Waals surface area contributed by atoms with E-state index in [9.17, 15) is 13.6 Å². The highest BCUT2D eigenvalue weighted by Crippen LogP contribution is 2.04. The van der Waals surface area contributed by atoms with Crippen molar-refractivity contribution in [3.8, 4) is 0 Å². The molecule has 0 unspecified atom stereocenters. The fourth-order valence-corrected chi connectivity index (χ4v) is 1.48. The lowest BCUT2D eigenvalue weighted by Gasteiger charge is -2.06. The lowest BCUT2D eigenvalue weighted by molar-refractivity contribution is -0.120. The lowest BCUT2D eigenvalue weighted by Crippen LogP contribution is -2.29. The molecule has 106 valence electrons. The molecule has 1 rings (SSSR count). The average molecular weight is 272 g/mol. The van der Waals surface area contributed by atoms with E-state index < -0.39 is 13.0 Å². The van der Waals surface area contributed by atoms with E-state index >= 15 is 0 Å². The fourth-order valence-electron chi connectivity index (χ4n) is 1.48. The number of rotatable bonds is 8. The van der Waals surface area contributed by atoms with Crippen LogP contribution in [0.15, 0.2) is 24.3 Å². The molecule has 1 aromatic carbocycles. The molecule has 0 bridgehead atoms. The Balaban J connectivity index is 2.19. The molecule has 0 aliphatic rings. The summed E-state index contributed by atoms with van der Waals surface area (Å²) < 4.78 is 28.1. The summed E-state index contributed by atoms with van der Waals surface area (Å²) in [6, 6.07) is 7.42. The highest BCUT2D eigenvalue weighted by Gasteiger charge is 2.04. The Morgan fingerprint density at radius 1 is 1.26 bits per heavy atom. The molecule has 0 aromatic heterocycles. The number of ether oxygens (including phenoxy) is 1. The van der Waals surface area contributed by atoms with Crippen LogP contribution in [0.4, 0.5) is 8.78 Å². The van der Waals surface area contributed by atoms with Crippen molar-refractivity contribution < 1.29 is 18.3 Å². The van der Waals surface area contributed by atoms with Gasteiger partial charge in [0.1, 0.15) is 6.61 Å². The Hall–Kier alpha value is -1.53. The van der Waals surface area contributed by atoms with Gasteiger partial charge < -0.3 is 15.8 Å². The molecule has 0 spiro atoms. The van der Waals surface area contributed by atoms with Crippen molar-refractivity contribution in [2.45, 2.75) is 19.4 Å². The van der Waals surface area contributed by atoms with Crippen LogP contribution in [0.2, 0.25) is 0 Å². The molecule has 6 heteroatoms. The van der Waals surface area contributed by atoms with E-state index in [2.05, 4.69) is 10.1 Å². The van der Waals surface area contributed by atoms with Gasteiger partial charge >= 0.3 is 0 Å². The summed E-state index contributed by atoms with van der Waals surface area (Å²) in [6.45, 7) is 0.180. The first-order valence-electron chi connectivity index (χ1n) is 6.02. The van der Waals surface area contributed by atoms with Gasteiger partial charge in [-0.25, -0.2) is 8.78 Å². The van der Waals surface area contributed by atoms with Crippen LogP contribution < -0.4 is 11.1 Å². The molecule has 0 heterocycles. The third kappa shape index (κ3) is 6.83. The van der Waals surface area contributed by atoms with Gasteiger partial charge in [-0.1, -0.05) is 24.3 Å². The van der Waals surface area contributed by atoms with Crippen molar-refractivity contribution in [2.75, 3.05) is 19.8 Å². The highest BCUT2D eigenvalue weighted by atomic mass is 19.3. The minimum absolute atomic E-state index is 0.0855. The second kappa shape index (κ2) is 8.55. The Labute approximate surface area is 110 Å². The second-order valence-electron chi connectivity index (χ2n) is 4.01. The van der Waals surface area contributed by atoms with Gasteiger partial charge in [-0.3, -0.25) is 4.79 Å². The SMILES string of the molecule is NCc1ccc(CC(=O)NCCOCC(F)F)cc1. The zero-order chi connectivity index (χ0) is 14.1. The van der Waals surface area contributed by atoms with E-state index in [0.717, 1.165) is 11.1 Å². The van der Waals surface area contributed by atoms with Crippen LogP contribution in [0.25, 0.3) is 0 Å². The summed E-state index contributed by atoms with van der Waals surface area (Å²) in [5.41, 5.74) is 7.35. The second-order valence-corrected chi connectivity index (χ2v) is 4.01. The normalized spacial score (nSPS) is 10.7. The zero-order valence-electron chi connectivity index (χ0n) is 10.6. The first kappa shape index (κ1) is 15.5. The maximum atomic E-state index is 11.7. The molecule has 0 saturated heterocycles. The van der Waals surface area contributed by atoms with Gasteiger partial charge in [0.05, 0.1) is 13.0 Å². The predicted octanol–water partition coefficient (Wildman–Crippen LogP) is 1.09. The topological polar surface area (TPSA) is 64.4 Å². The van der Waals surface area contributed by atoms with Crippen molar-refractivity contribution in [1.29, 1.82) is 0 Å². The number of hydrogen-bond acceptors (Lipinski definition) is 3. The van der Waals surface area contributed by atoms with Crippen LogP contribution in [0.3, 0.4) is 0 Å². The summed E-state index contributed by atoms with van der Waals surface area (Å²) in [5.74, 6) is -0.166. The zero-order valence-corrected chi connectivity index (χ0v) is 10.6. The highest BCUT2D eigenvalue weighted by molar-refractivity contribution is 5.78. The number of alkyl halides is 2. The van der Waals surface area contributed by atoms with Crippen LogP contribution in [0.5, 0.6) is 0 Å². The molecule has 1 aromatic rings. The van der Waals surface area contributed by atoms with E-state index in [-0.39, 0.29) is 25.5 Å². The number of carbonyl (C=O) groups excluding carboxylic acids is 1. The van der Waals surface area contributed by atoms with Gasteiger partial charge in [0, 0.05) is 13.1 Å². The van der Waals surface area contributed by atoms with Gasteiger partial charge in [-0.2, -0.15) is 0 Å². The van der Waals surface area contributed by atoms with Crippen molar-refractivity contribution in [3.63, 3.8) is 0 Å². The summed E-state index contributed by atoms with van der Waals surface area (Å²) in [4.78, 5) is 11.5. The van der Waals surface area contributed by atoms with Crippen LogP contribution in [0.1, 0.15) is 11.1 Å². The van der Waals surface area contributed by atoms with Crippen molar-refractivity contribution in [3.05, 3.63) is 35.4 Å². The van der Waals surface area contributed by atoms with Crippen LogP contribution >= 0.6 is 0 Å². The molecule has 19 heavy (non-hydrogen) atoms. The number of carbonyl (C=O) groups is 1. The van der Waals surface area contributed by atoms with Crippen LogP contribution in [-0.2, 0) is 22.5 Å². The Morgan fingerprint density at radius 2 is 1.89 bits per heavy atom. The Kier molecular flexibility index (Phi) is 6.99. The molecule has 4 nitrogen and oxygen atoms in total.